The summed E-state index contributed by atoms with van der Waals surface area (Å²) >= 11 is 6.25. The van der Waals surface area contributed by atoms with Gasteiger partial charge in [0, 0.05) is 24.8 Å². The summed E-state index contributed by atoms with van der Waals surface area (Å²) in [6.07, 6.45) is 2.08. The first kappa shape index (κ1) is 11.9. The van der Waals surface area contributed by atoms with Crippen LogP contribution in [0.1, 0.15) is 29.9 Å². The number of benzene rings is 1. The van der Waals surface area contributed by atoms with Crippen molar-refractivity contribution in [1.82, 2.24) is 5.48 Å². The normalized spacial score (nSPS) is 17.6. The smallest absolute Gasteiger partial charge is 0.0471 e. The quantitative estimate of drug-likeness (QED) is 0.800. The number of hydroxylamine groups is 1. The second-order valence-electron chi connectivity index (χ2n) is 4.08. The van der Waals surface area contributed by atoms with Crippen LogP contribution in [0.2, 0.25) is 5.02 Å². The van der Waals surface area contributed by atoms with Crippen LogP contribution in [-0.2, 0) is 11.3 Å². The number of hydrogen-bond acceptors (Lipinski definition) is 3. The first-order valence-electron chi connectivity index (χ1n) is 5.54. The molecule has 0 spiro atoms. The summed E-state index contributed by atoms with van der Waals surface area (Å²) in [6, 6.07) is 5.97. The van der Waals surface area contributed by atoms with E-state index in [1.807, 2.05) is 12.1 Å². The van der Waals surface area contributed by atoms with Gasteiger partial charge in [-0.2, -0.15) is 0 Å². The fraction of sp³-hybridized carbons (Fsp3) is 0.500. The SMILES string of the molecule is ONCc1ccc(C2CCOCC2)c(Cl)c1. The van der Waals surface area contributed by atoms with Crippen molar-refractivity contribution in [3.05, 3.63) is 34.3 Å². The van der Waals surface area contributed by atoms with Crippen molar-refractivity contribution in [3.8, 4) is 0 Å². The fourth-order valence-electron chi connectivity index (χ4n) is 2.11. The van der Waals surface area contributed by atoms with E-state index < -0.39 is 0 Å². The number of rotatable bonds is 3. The molecule has 0 unspecified atom stereocenters. The van der Waals surface area contributed by atoms with E-state index in [9.17, 15) is 0 Å². The van der Waals surface area contributed by atoms with E-state index in [-0.39, 0.29) is 0 Å². The molecule has 1 aliphatic heterocycles. The molecule has 1 saturated heterocycles. The highest BCUT2D eigenvalue weighted by molar-refractivity contribution is 6.31. The van der Waals surface area contributed by atoms with Gasteiger partial charge in [-0.1, -0.05) is 23.7 Å². The average molecular weight is 242 g/mol. The molecule has 2 N–H and O–H groups in total. The van der Waals surface area contributed by atoms with Crippen molar-refractivity contribution in [1.29, 1.82) is 0 Å². The lowest BCUT2D eigenvalue weighted by molar-refractivity contribution is 0.0853. The van der Waals surface area contributed by atoms with E-state index in [4.69, 9.17) is 21.5 Å². The lowest BCUT2D eigenvalue weighted by Crippen LogP contribution is -2.14. The van der Waals surface area contributed by atoms with Crippen LogP contribution in [-0.4, -0.2) is 18.4 Å². The van der Waals surface area contributed by atoms with Gasteiger partial charge in [-0.25, -0.2) is 5.48 Å². The number of ether oxygens (including phenoxy) is 1. The molecule has 88 valence electrons. The minimum Gasteiger partial charge on any atom is -0.381 e. The molecule has 0 atom stereocenters. The van der Waals surface area contributed by atoms with Crippen molar-refractivity contribution in [2.45, 2.75) is 25.3 Å². The van der Waals surface area contributed by atoms with Gasteiger partial charge in [-0.3, -0.25) is 0 Å². The van der Waals surface area contributed by atoms with Crippen LogP contribution in [0.4, 0.5) is 0 Å². The Balaban J connectivity index is 2.14. The molecule has 0 bridgehead atoms. The molecule has 2 rings (SSSR count). The van der Waals surface area contributed by atoms with Gasteiger partial charge in [-0.15, -0.1) is 0 Å². The molecule has 1 aliphatic rings. The van der Waals surface area contributed by atoms with Crippen molar-refractivity contribution in [2.24, 2.45) is 0 Å². The van der Waals surface area contributed by atoms with Crippen molar-refractivity contribution >= 4 is 11.6 Å². The largest absolute Gasteiger partial charge is 0.381 e. The molecule has 0 aliphatic carbocycles. The van der Waals surface area contributed by atoms with Crippen molar-refractivity contribution in [2.75, 3.05) is 13.2 Å². The summed E-state index contributed by atoms with van der Waals surface area (Å²) in [5, 5.41) is 9.41. The molecule has 4 heteroatoms. The lowest BCUT2D eigenvalue weighted by Gasteiger charge is -2.23. The maximum Gasteiger partial charge on any atom is 0.0471 e. The highest BCUT2D eigenvalue weighted by atomic mass is 35.5. The first-order chi connectivity index (χ1) is 7.81. The third kappa shape index (κ3) is 2.74. The van der Waals surface area contributed by atoms with E-state index in [2.05, 4.69) is 11.5 Å². The van der Waals surface area contributed by atoms with E-state index in [1.54, 1.807) is 0 Å². The Kier molecular flexibility index (Phi) is 4.18. The van der Waals surface area contributed by atoms with Crippen LogP contribution < -0.4 is 5.48 Å². The molecule has 0 aromatic heterocycles. The first-order valence-corrected chi connectivity index (χ1v) is 5.92. The Labute approximate surface area is 100 Å². The molecule has 0 radical (unpaired) electrons. The average Bonchev–Trinajstić information content (AvgIpc) is 2.31. The number of nitrogens with one attached hydrogen (secondary N) is 1. The van der Waals surface area contributed by atoms with Crippen LogP contribution in [0.15, 0.2) is 18.2 Å². The maximum atomic E-state index is 8.62. The molecule has 1 fully saturated rings. The van der Waals surface area contributed by atoms with Crippen molar-refractivity contribution in [3.63, 3.8) is 0 Å². The van der Waals surface area contributed by atoms with Crippen molar-refractivity contribution < 1.29 is 9.94 Å². The molecule has 3 nitrogen and oxygen atoms in total. The second-order valence-corrected chi connectivity index (χ2v) is 4.48. The Morgan fingerprint density at radius 2 is 2.12 bits per heavy atom. The molecule has 16 heavy (non-hydrogen) atoms. The summed E-state index contributed by atoms with van der Waals surface area (Å²) in [5.74, 6) is 0.511. The Morgan fingerprint density at radius 1 is 1.38 bits per heavy atom. The minimum atomic E-state index is 0.424. The Bertz CT molecular complexity index is 351. The van der Waals surface area contributed by atoms with E-state index in [1.165, 1.54) is 5.56 Å². The zero-order valence-electron chi connectivity index (χ0n) is 9.08. The van der Waals surface area contributed by atoms with Crippen LogP contribution in [0, 0.1) is 0 Å². The van der Waals surface area contributed by atoms with Gasteiger partial charge in [0.15, 0.2) is 0 Å². The molecule has 1 heterocycles. The molecule has 1 aromatic rings. The summed E-state index contributed by atoms with van der Waals surface area (Å²) in [4.78, 5) is 0. The molecule has 0 amide bonds. The highest BCUT2D eigenvalue weighted by Gasteiger charge is 2.18. The molecule has 0 saturated carbocycles. The van der Waals surface area contributed by atoms with Gasteiger partial charge in [0.1, 0.15) is 0 Å². The zero-order valence-corrected chi connectivity index (χ0v) is 9.83. The van der Waals surface area contributed by atoms with Crippen LogP contribution in [0.25, 0.3) is 0 Å². The second kappa shape index (κ2) is 5.64. The maximum absolute atomic E-state index is 8.62. The predicted octanol–water partition coefficient (Wildman–Crippen LogP) is 2.71. The molecular formula is C12H16ClNO2. The topological polar surface area (TPSA) is 41.5 Å². The Morgan fingerprint density at radius 3 is 2.75 bits per heavy atom. The summed E-state index contributed by atoms with van der Waals surface area (Å²) in [7, 11) is 0. The summed E-state index contributed by atoms with van der Waals surface area (Å²) in [6.45, 7) is 2.07. The highest BCUT2D eigenvalue weighted by Crippen LogP contribution is 2.32. The van der Waals surface area contributed by atoms with Crippen LogP contribution in [0.5, 0.6) is 0 Å². The van der Waals surface area contributed by atoms with E-state index in [0.29, 0.717) is 12.5 Å². The van der Waals surface area contributed by atoms with E-state index in [0.717, 1.165) is 36.6 Å². The van der Waals surface area contributed by atoms with Crippen LogP contribution in [0.3, 0.4) is 0 Å². The third-order valence-corrected chi connectivity index (χ3v) is 3.34. The standard InChI is InChI=1S/C12H16ClNO2/c13-12-7-9(8-14-15)1-2-11(12)10-3-5-16-6-4-10/h1-2,7,10,14-15H,3-6,8H2. The Hall–Kier alpha value is -0.610. The van der Waals surface area contributed by atoms with Gasteiger partial charge in [0.2, 0.25) is 0 Å². The summed E-state index contributed by atoms with van der Waals surface area (Å²) in [5.41, 5.74) is 4.32. The minimum absolute atomic E-state index is 0.424. The fourth-order valence-corrected chi connectivity index (χ4v) is 2.47. The monoisotopic (exact) mass is 241 g/mol. The zero-order chi connectivity index (χ0) is 11.4. The molecule has 1 aromatic carbocycles. The lowest BCUT2D eigenvalue weighted by atomic mass is 9.91. The van der Waals surface area contributed by atoms with E-state index >= 15 is 0 Å². The van der Waals surface area contributed by atoms with Crippen LogP contribution >= 0.6 is 11.6 Å². The van der Waals surface area contributed by atoms with Gasteiger partial charge >= 0.3 is 0 Å². The third-order valence-electron chi connectivity index (χ3n) is 3.01. The predicted molar refractivity (Wildman–Crippen MR) is 62.9 cm³/mol. The van der Waals surface area contributed by atoms with Gasteiger partial charge in [0.25, 0.3) is 0 Å². The van der Waals surface area contributed by atoms with Gasteiger partial charge in [-0.05, 0) is 36.0 Å². The van der Waals surface area contributed by atoms with Gasteiger partial charge in [0.05, 0.1) is 0 Å². The molecular weight excluding hydrogens is 226 g/mol. The number of hydrogen-bond donors (Lipinski definition) is 2. The number of halogens is 1. The summed E-state index contributed by atoms with van der Waals surface area (Å²) < 4.78 is 5.34. The van der Waals surface area contributed by atoms with Gasteiger partial charge < -0.3 is 9.94 Å².